The van der Waals surface area contributed by atoms with E-state index in [4.69, 9.17) is 14.5 Å². The van der Waals surface area contributed by atoms with Crippen molar-refractivity contribution in [2.45, 2.75) is 39.8 Å². The molecule has 8 nitrogen and oxygen atoms in total. The monoisotopic (exact) mass is 671 g/mol. The number of likely N-dealkylation sites (N-methyl/N-ethyl adjacent to an activating group) is 1. The van der Waals surface area contributed by atoms with Gasteiger partial charge < -0.3 is 14.4 Å². The Bertz CT molecular complexity index is 1990. The van der Waals surface area contributed by atoms with E-state index in [2.05, 4.69) is 15.9 Å². The van der Waals surface area contributed by atoms with Gasteiger partial charge in [0, 0.05) is 22.1 Å². The molecule has 0 N–H and O–H groups in total. The summed E-state index contributed by atoms with van der Waals surface area (Å²) < 4.78 is 14.0. The molecule has 6 rings (SSSR count). The summed E-state index contributed by atoms with van der Waals surface area (Å²) in [5, 5.41) is 0. The Hall–Kier alpha value is -4.28. The van der Waals surface area contributed by atoms with Crippen LogP contribution >= 0.6 is 27.3 Å². The van der Waals surface area contributed by atoms with Crippen molar-refractivity contribution >= 4 is 56.1 Å². The Kier molecular flexibility index (Phi) is 8.13. The first-order valence-electron chi connectivity index (χ1n) is 14.4. The van der Waals surface area contributed by atoms with E-state index in [1.165, 1.54) is 4.57 Å². The van der Waals surface area contributed by atoms with Gasteiger partial charge in [-0.25, -0.2) is 9.79 Å². The number of rotatable bonds is 7. The lowest BCUT2D eigenvalue weighted by molar-refractivity contribution is -0.138. The number of benzene rings is 3. The maximum atomic E-state index is 14.5. The molecule has 0 saturated heterocycles. The van der Waals surface area contributed by atoms with Crippen LogP contribution in [0.25, 0.3) is 11.3 Å². The second kappa shape index (κ2) is 12.0. The molecule has 1 amide bonds. The maximum Gasteiger partial charge on any atom is 0.338 e. The maximum absolute atomic E-state index is 14.5. The van der Waals surface area contributed by atoms with Crippen LogP contribution in [-0.2, 0) is 14.3 Å². The third-order valence-electron chi connectivity index (χ3n) is 7.44. The van der Waals surface area contributed by atoms with Crippen LogP contribution in [0.2, 0.25) is 0 Å². The number of aromatic nitrogens is 1. The molecule has 0 unspecified atom stereocenters. The minimum atomic E-state index is -0.858. The van der Waals surface area contributed by atoms with Crippen molar-refractivity contribution in [2.75, 3.05) is 18.1 Å². The van der Waals surface area contributed by atoms with Crippen LogP contribution in [0, 0.1) is 0 Å². The molecular weight excluding hydrogens is 642 g/mol. The molecule has 2 aliphatic heterocycles. The highest BCUT2D eigenvalue weighted by Crippen LogP contribution is 2.38. The molecule has 2 aliphatic rings. The molecule has 4 aromatic rings. The third kappa shape index (κ3) is 5.11. The average molecular weight is 673 g/mol. The van der Waals surface area contributed by atoms with Gasteiger partial charge in [0.15, 0.2) is 4.80 Å². The summed E-state index contributed by atoms with van der Waals surface area (Å²) in [5.41, 5.74) is 3.41. The number of carbonyl (C=O) groups is 2. The van der Waals surface area contributed by atoms with E-state index in [1.54, 1.807) is 11.8 Å². The van der Waals surface area contributed by atoms with Gasteiger partial charge in [0.25, 0.3) is 11.5 Å². The number of nitrogens with zero attached hydrogens (tertiary/aromatic N) is 3. The minimum absolute atomic E-state index is 0.0192. The lowest BCUT2D eigenvalue weighted by Gasteiger charge is -2.26. The largest absolute Gasteiger partial charge is 0.491 e. The number of esters is 1. The number of fused-ring (bicyclic) bond motifs is 2. The lowest BCUT2D eigenvalue weighted by atomic mass is 9.93. The van der Waals surface area contributed by atoms with Gasteiger partial charge in [-0.1, -0.05) is 69.7 Å². The van der Waals surface area contributed by atoms with Crippen LogP contribution in [0.5, 0.6) is 5.75 Å². The molecule has 3 heterocycles. The van der Waals surface area contributed by atoms with E-state index >= 15 is 0 Å². The molecule has 0 spiro atoms. The van der Waals surface area contributed by atoms with Crippen LogP contribution in [0.3, 0.4) is 0 Å². The summed E-state index contributed by atoms with van der Waals surface area (Å²) in [7, 11) is 0. The van der Waals surface area contributed by atoms with Crippen LogP contribution in [0.1, 0.15) is 50.4 Å². The van der Waals surface area contributed by atoms with Crippen LogP contribution in [-0.4, -0.2) is 35.7 Å². The first-order valence-corrected chi connectivity index (χ1v) is 16.0. The molecule has 10 heteroatoms. The number of amides is 1. The second-order valence-electron chi connectivity index (χ2n) is 10.6. The highest BCUT2D eigenvalue weighted by Gasteiger charge is 2.38. The van der Waals surface area contributed by atoms with Crippen molar-refractivity contribution in [1.82, 2.24) is 4.57 Å². The molecular formula is C34H30BrN3O5S. The molecule has 0 bridgehead atoms. The van der Waals surface area contributed by atoms with Crippen molar-refractivity contribution in [3.63, 3.8) is 0 Å². The van der Waals surface area contributed by atoms with Gasteiger partial charge in [-0.05, 0) is 63.6 Å². The molecule has 1 aromatic heterocycles. The Labute approximate surface area is 266 Å². The van der Waals surface area contributed by atoms with Crippen molar-refractivity contribution in [2.24, 2.45) is 4.99 Å². The molecule has 44 heavy (non-hydrogen) atoms. The van der Waals surface area contributed by atoms with E-state index in [0.29, 0.717) is 45.1 Å². The van der Waals surface area contributed by atoms with Crippen molar-refractivity contribution in [3.05, 3.63) is 119 Å². The zero-order chi connectivity index (χ0) is 31.1. The summed E-state index contributed by atoms with van der Waals surface area (Å²) in [6, 6.07) is 21.5. The van der Waals surface area contributed by atoms with Crippen LogP contribution in [0.15, 0.2) is 92.6 Å². The van der Waals surface area contributed by atoms with E-state index in [9.17, 15) is 14.4 Å². The third-order valence-corrected chi connectivity index (χ3v) is 8.98. The number of thiazole rings is 1. The van der Waals surface area contributed by atoms with Crippen molar-refractivity contribution in [3.8, 4) is 5.75 Å². The number of ether oxygens (including phenoxy) is 2. The quantitative estimate of drug-likeness (QED) is 0.251. The van der Waals surface area contributed by atoms with E-state index in [1.807, 2.05) is 93.6 Å². The predicted octanol–water partition coefficient (Wildman–Crippen LogP) is 5.22. The Morgan fingerprint density at radius 1 is 1.02 bits per heavy atom. The second-order valence-corrected chi connectivity index (χ2v) is 12.5. The molecule has 3 aromatic carbocycles. The molecule has 0 fully saturated rings. The van der Waals surface area contributed by atoms with Gasteiger partial charge in [0.05, 0.1) is 41.3 Å². The van der Waals surface area contributed by atoms with Crippen LogP contribution < -0.4 is 24.5 Å². The summed E-state index contributed by atoms with van der Waals surface area (Å²) in [6.45, 7) is 8.14. The highest BCUT2D eigenvalue weighted by molar-refractivity contribution is 9.10. The normalized spacial score (nSPS) is 17.0. The standard InChI is InChI=1S/C34H30BrN3O5S/c1-5-37-25-17-14-22(35)18-24(25)26(31(37)39)30-32(40)38-29(21-12-15-23(16-13-21)43-19(3)4)27(33(41)42-6-2)28(36-34(38)44-30)20-10-8-7-9-11-20/h7-19,29H,5-6H2,1-4H3/b30-26-/t29-/m1/s1. The molecule has 0 radical (unpaired) electrons. The number of anilines is 1. The fourth-order valence-corrected chi connectivity index (χ4v) is 7.10. The van der Waals surface area contributed by atoms with Crippen LogP contribution in [0.4, 0.5) is 5.69 Å². The van der Waals surface area contributed by atoms with E-state index < -0.39 is 17.6 Å². The summed E-state index contributed by atoms with van der Waals surface area (Å²) in [5.74, 6) is -0.142. The fourth-order valence-electron chi connectivity index (χ4n) is 5.64. The van der Waals surface area contributed by atoms with Gasteiger partial charge in [0.1, 0.15) is 10.3 Å². The van der Waals surface area contributed by atoms with Gasteiger partial charge in [-0.15, -0.1) is 0 Å². The first kappa shape index (κ1) is 29.8. The number of hydrogen-bond acceptors (Lipinski definition) is 7. The summed E-state index contributed by atoms with van der Waals surface area (Å²) in [4.78, 5) is 49.0. The van der Waals surface area contributed by atoms with Gasteiger partial charge >= 0.3 is 5.97 Å². The fraction of sp³-hybridized carbons (Fsp3) is 0.235. The Morgan fingerprint density at radius 3 is 2.41 bits per heavy atom. The van der Waals surface area contributed by atoms with E-state index in [0.717, 1.165) is 21.5 Å². The zero-order valence-electron chi connectivity index (χ0n) is 24.7. The molecule has 0 aliphatic carbocycles. The minimum Gasteiger partial charge on any atom is -0.491 e. The highest BCUT2D eigenvalue weighted by atomic mass is 79.9. The van der Waals surface area contributed by atoms with E-state index in [-0.39, 0.29) is 28.7 Å². The van der Waals surface area contributed by atoms with Gasteiger partial charge in [-0.2, -0.15) is 0 Å². The number of halogens is 1. The molecule has 0 saturated carbocycles. The Balaban J connectivity index is 1.68. The zero-order valence-corrected chi connectivity index (χ0v) is 27.1. The topological polar surface area (TPSA) is 90.2 Å². The lowest BCUT2D eigenvalue weighted by Crippen LogP contribution is -2.41. The predicted molar refractivity (Wildman–Crippen MR) is 174 cm³/mol. The summed E-state index contributed by atoms with van der Waals surface area (Å²) in [6.07, 6.45) is -0.0192. The van der Waals surface area contributed by atoms with Gasteiger partial charge in [0.2, 0.25) is 0 Å². The average Bonchev–Trinajstić information content (AvgIpc) is 3.48. The number of carbonyl (C=O) groups excluding carboxylic acids is 2. The Morgan fingerprint density at radius 2 is 1.75 bits per heavy atom. The summed E-state index contributed by atoms with van der Waals surface area (Å²) >= 11 is 4.68. The number of hydrogen-bond donors (Lipinski definition) is 0. The molecule has 1 atom stereocenters. The van der Waals surface area contributed by atoms with Crippen molar-refractivity contribution in [1.29, 1.82) is 0 Å². The smallest absolute Gasteiger partial charge is 0.338 e. The molecule has 224 valence electrons. The SMILES string of the molecule is CCOC(=O)C1=C(c2ccccc2)N=c2s/c(=C3\C(=O)N(CC)c4ccc(Br)cc43)c(=O)n2[C@@H]1c1ccc(OC(C)C)cc1. The van der Waals surface area contributed by atoms with Gasteiger partial charge in [-0.3, -0.25) is 14.2 Å². The first-order chi connectivity index (χ1) is 21.2. The van der Waals surface area contributed by atoms with Crippen molar-refractivity contribution < 1.29 is 19.1 Å².